The zero-order chi connectivity index (χ0) is 24.8. The van der Waals surface area contributed by atoms with E-state index in [2.05, 4.69) is 10.3 Å². The number of amides is 1. The molecule has 2 aromatic carbocycles. The van der Waals surface area contributed by atoms with Crippen molar-refractivity contribution in [3.63, 3.8) is 0 Å². The van der Waals surface area contributed by atoms with Crippen LogP contribution >= 0.6 is 39.9 Å². The lowest BCUT2D eigenvalue weighted by molar-refractivity contribution is -0.481. The summed E-state index contributed by atoms with van der Waals surface area (Å²) in [6.45, 7) is 3.22. The highest BCUT2D eigenvalue weighted by Gasteiger charge is 2.27. The molecule has 186 valence electrons. The average molecular weight is 584 g/mol. The highest BCUT2D eigenvalue weighted by Crippen LogP contribution is 2.36. The molecule has 1 heterocycles. The Labute approximate surface area is 221 Å². The van der Waals surface area contributed by atoms with Gasteiger partial charge in [0.2, 0.25) is 6.54 Å². The molecule has 1 aromatic heterocycles. The van der Waals surface area contributed by atoms with Gasteiger partial charge in [0.15, 0.2) is 5.13 Å². The molecular formula is C23H24BrClN4O5S. The summed E-state index contributed by atoms with van der Waals surface area (Å²) in [6, 6.07) is 11.2. The monoisotopic (exact) mass is 582 g/mol. The van der Waals surface area contributed by atoms with Crippen LogP contribution in [0, 0.1) is 27.2 Å². The molecule has 1 amide bonds. The van der Waals surface area contributed by atoms with Gasteiger partial charge >= 0.3 is 0 Å². The number of nitro benzene ring substituents is 1. The number of nitro groups is 2. The molecule has 0 bridgehead atoms. The highest BCUT2D eigenvalue weighted by atomic mass is 79.9. The molecule has 0 saturated heterocycles. The van der Waals surface area contributed by atoms with Crippen molar-refractivity contribution < 1.29 is 14.6 Å². The second-order valence-electron chi connectivity index (χ2n) is 7.71. The zero-order valence-corrected chi connectivity index (χ0v) is 22.3. The summed E-state index contributed by atoms with van der Waals surface area (Å²) >= 11 is 7.18. The Morgan fingerprint density at radius 3 is 2.46 bits per heavy atom. The van der Waals surface area contributed by atoms with Gasteiger partial charge in [-0.05, 0) is 43.5 Å². The van der Waals surface area contributed by atoms with Crippen molar-refractivity contribution in [3.8, 4) is 0 Å². The van der Waals surface area contributed by atoms with E-state index in [9.17, 15) is 25.0 Å². The minimum atomic E-state index is -0.554. The number of hydrogen-bond acceptors (Lipinski definition) is 7. The number of carbonyl (C=O) groups excluding carboxylic acids is 1. The van der Waals surface area contributed by atoms with Gasteiger partial charge in [-0.2, -0.15) is 0 Å². The third-order valence-corrected chi connectivity index (χ3v) is 6.76. The first kappa shape index (κ1) is 28.3. The molecule has 0 aliphatic heterocycles. The smallest absolute Gasteiger partial charge is 0.273 e. The first-order valence-electron chi connectivity index (χ1n) is 10.6. The number of halogens is 2. The largest absolute Gasteiger partial charge is 0.298 e. The van der Waals surface area contributed by atoms with Crippen molar-refractivity contribution in [2.75, 3.05) is 11.9 Å². The summed E-state index contributed by atoms with van der Waals surface area (Å²) in [4.78, 5) is 40.0. The van der Waals surface area contributed by atoms with Crippen LogP contribution in [0.2, 0.25) is 5.02 Å². The van der Waals surface area contributed by atoms with Crippen molar-refractivity contribution in [2.45, 2.75) is 39.0 Å². The van der Waals surface area contributed by atoms with Crippen LogP contribution in [0.3, 0.4) is 0 Å². The lowest BCUT2D eigenvalue weighted by atomic mass is 9.95. The van der Waals surface area contributed by atoms with Gasteiger partial charge in [0.25, 0.3) is 11.6 Å². The molecule has 1 N–H and O–H groups in total. The van der Waals surface area contributed by atoms with Gasteiger partial charge in [-0.25, -0.2) is 4.98 Å². The number of anilines is 1. The maximum absolute atomic E-state index is 12.9. The Hall–Kier alpha value is -2.89. The molecule has 0 radical (unpaired) electrons. The zero-order valence-electron chi connectivity index (χ0n) is 19.0. The second-order valence-corrected chi connectivity index (χ2v) is 9.18. The fraction of sp³-hybridized carbons (Fsp3) is 0.304. The van der Waals surface area contributed by atoms with Crippen molar-refractivity contribution in [1.29, 1.82) is 0 Å². The number of hydrogen-bond donors (Lipinski definition) is 1. The third-order valence-electron chi connectivity index (χ3n) is 5.38. The van der Waals surface area contributed by atoms with E-state index in [1.165, 1.54) is 36.5 Å². The van der Waals surface area contributed by atoms with Crippen molar-refractivity contribution in [3.05, 3.63) is 95.0 Å². The summed E-state index contributed by atoms with van der Waals surface area (Å²) < 4.78 is 0. The summed E-state index contributed by atoms with van der Waals surface area (Å²) in [7, 11) is 0. The number of rotatable bonds is 10. The van der Waals surface area contributed by atoms with E-state index in [0.29, 0.717) is 27.1 Å². The number of aromatic nitrogens is 1. The molecule has 1 unspecified atom stereocenters. The number of nitrogens with one attached hydrogen (secondary N) is 1. The van der Waals surface area contributed by atoms with E-state index in [4.69, 9.17) is 11.6 Å². The SMILES string of the molecule is Br.CCCCc1nc(NC(=O)c2cccc([N+](=O)[O-])c2C)sc1C(C[N+](=O)[O-])c1ccc(Cl)cc1. The Bertz CT molecular complexity index is 1220. The predicted octanol–water partition coefficient (Wildman–Crippen LogP) is 6.59. The second kappa shape index (κ2) is 12.7. The maximum Gasteiger partial charge on any atom is 0.273 e. The molecule has 12 heteroatoms. The van der Waals surface area contributed by atoms with Gasteiger partial charge in [0, 0.05) is 32.0 Å². The van der Waals surface area contributed by atoms with E-state index < -0.39 is 16.7 Å². The van der Waals surface area contributed by atoms with Crippen LogP contribution in [0.15, 0.2) is 42.5 Å². The molecule has 0 aliphatic carbocycles. The third kappa shape index (κ3) is 7.06. The Morgan fingerprint density at radius 2 is 1.86 bits per heavy atom. The first-order valence-corrected chi connectivity index (χ1v) is 11.8. The van der Waals surface area contributed by atoms with Gasteiger partial charge in [-0.1, -0.05) is 43.1 Å². The predicted molar refractivity (Wildman–Crippen MR) is 142 cm³/mol. The number of thiazole rings is 1. The summed E-state index contributed by atoms with van der Waals surface area (Å²) in [5.74, 6) is -1.08. The quantitative estimate of drug-likeness (QED) is 0.212. The maximum atomic E-state index is 12.9. The van der Waals surface area contributed by atoms with E-state index in [0.717, 1.165) is 18.4 Å². The lowest BCUT2D eigenvalue weighted by Crippen LogP contribution is -2.14. The first-order chi connectivity index (χ1) is 16.2. The molecule has 9 nitrogen and oxygen atoms in total. The molecule has 3 aromatic rings. The molecule has 1 atom stereocenters. The topological polar surface area (TPSA) is 128 Å². The van der Waals surface area contributed by atoms with Crippen molar-refractivity contribution in [2.24, 2.45) is 0 Å². The fourth-order valence-electron chi connectivity index (χ4n) is 3.63. The van der Waals surface area contributed by atoms with E-state index in [1.54, 1.807) is 24.3 Å². The standard InChI is InChI=1S/C23H23ClN4O5S.BrH/c1-3-4-7-19-21(18(13-27(30)31)15-9-11-16(24)12-10-15)34-23(25-19)26-22(29)17-6-5-8-20(14(17)2)28(32)33;/h5-6,8-12,18H,3-4,7,13H2,1-2H3,(H,25,26,29);1H. The normalized spacial score (nSPS) is 11.4. The molecule has 0 fully saturated rings. The summed E-state index contributed by atoms with van der Waals surface area (Å²) in [5, 5.41) is 26.2. The molecule has 0 saturated carbocycles. The Kier molecular flexibility index (Phi) is 10.3. The van der Waals surface area contributed by atoms with Crippen LogP contribution in [-0.4, -0.2) is 27.3 Å². The van der Waals surface area contributed by atoms with Gasteiger partial charge < -0.3 is 0 Å². The van der Waals surface area contributed by atoms with Crippen LogP contribution in [-0.2, 0) is 6.42 Å². The summed E-state index contributed by atoms with van der Waals surface area (Å²) in [5.41, 5.74) is 1.69. The Balaban J connectivity index is 0.00000432. The molecule has 3 rings (SSSR count). The fourth-order valence-corrected chi connectivity index (χ4v) is 4.88. The lowest BCUT2D eigenvalue weighted by Gasteiger charge is -2.13. The minimum absolute atomic E-state index is 0. The van der Waals surface area contributed by atoms with Crippen LogP contribution in [0.5, 0.6) is 0 Å². The number of carbonyl (C=O) groups is 1. The van der Waals surface area contributed by atoms with Crippen LogP contribution in [0.25, 0.3) is 0 Å². The van der Waals surface area contributed by atoms with E-state index in [-0.39, 0.29) is 45.3 Å². The van der Waals surface area contributed by atoms with Crippen molar-refractivity contribution >= 4 is 56.6 Å². The number of benzene rings is 2. The van der Waals surface area contributed by atoms with Crippen LogP contribution in [0.1, 0.15) is 57.7 Å². The Morgan fingerprint density at radius 1 is 1.17 bits per heavy atom. The highest BCUT2D eigenvalue weighted by molar-refractivity contribution is 8.93. The van der Waals surface area contributed by atoms with E-state index >= 15 is 0 Å². The van der Waals surface area contributed by atoms with Gasteiger partial charge in [-0.15, -0.1) is 28.3 Å². The van der Waals surface area contributed by atoms with E-state index in [1.807, 2.05) is 6.92 Å². The van der Waals surface area contributed by atoms with Gasteiger partial charge in [0.05, 0.1) is 16.5 Å². The number of nitrogens with zero attached hydrogens (tertiary/aromatic N) is 3. The van der Waals surface area contributed by atoms with Crippen molar-refractivity contribution in [1.82, 2.24) is 4.98 Å². The van der Waals surface area contributed by atoms with Gasteiger partial charge in [0.1, 0.15) is 0 Å². The molecular weight excluding hydrogens is 560 g/mol. The molecule has 0 spiro atoms. The van der Waals surface area contributed by atoms with Crippen LogP contribution in [0.4, 0.5) is 10.8 Å². The molecule has 35 heavy (non-hydrogen) atoms. The minimum Gasteiger partial charge on any atom is -0.298 e. The molecule has 0 aliphatic rings. The van der Waals surface area contributed by atoms with Crippen LogP contribution < -0.4 is 5.32 Å². The summed E-state index contributed by atoms with van der Waals surface area (Å²) in [6.07, 6.45) is 2.35. The average Bonchev–Trinajstić information content (AvgIpc) is 3.18. The number of unbranched alkanes of at least 4 members (excludes halogenated alkanes) is 1. The van der Waals surface area contributed by atoms with Gasteiger partial charge in [-0.3, -0.25) is 30.3 Å². The number of aryl methyl sites for hydroxylation is 1.